The average molecular weight is 246 g/mol. The monoisotopic (exact) mass is 246 g/mol. The molecule has 1 aromatic carbocycles. The van der Waals surface area contributed by atoms with Crippen molar-refractivity contribution < 1.29 is 9.32 Å². The Morgan fingerprint density at radius 2 is 2.33 bits per heavy atom. The van der Waals surface area contributed by atoms with Gasteiger partial charge in [-0.25, -0.2) is 0 Å². The minimum atomic E-state index is -0.166. The third kappa shape index (κ3) is 3.31. The van der Waals surface area contributed by atoms with Crippen LogP contribution in [0.25, 0.3) is 0 Å². The van der Waals surface area contributed by atoms with Crippen LogP contribution < -0.4 is 11.1 Å². The molecule has 0 saturated carbocycles. The minimum absolute atomic E-state index is 0.130. The Kier molecular flexibility index (Phi) is 3.57. The Hall–Kier alpha value is -2.37. The van der Waals surface area contributed by atoms with Gasteiger partial charge in [0, 0.05) is 12.1 Å². The van der Waals surface area contributed by atoms with Crippen LogP contribution in [0.4, 0.5) is 11.7 Å². The van der Waals surface area contributed by atoms with Gasteiger partial charge in [-0.05, 0) is 31.0 Å². The van der Waals surface area contributed by atoms with E-state index in [4.69, 9.17) is 10.3 Å². The maximum Gasteiger partial charge on any atom is 0.328 e. The van der Waals surface area contributed by atoms with Gasteiger partial charge in [0.25, 0.3) is 0 Å². The molecule has 0 saturated heterocycles. The number of nitrogens with one attached hydrogen (secondary N) is 1. The number of aryl methyl sites for hydroxylation is 2. The number of amides is 1. The molecule has 0 aliphatic heterocycles. The van der Waals surface area contributed by atoms with Crippen LogP contribution in [0.1, 0.15) is 17.8 Å². The number of nitrogen functional groups attached to an aromatic ring is 1. The normalized spacial score (nSPS) is 10.3. The number of hydrogen-bond acceptors (Lipinski definition) is 5. The van der Waals surface area contributed by atoms with Gasteiger partial charge in [0.05, 0.1) is 0 Å². The zero-order valence-corrected chi connectivity index (χ0v) is 10.0. The third-order valence-corrected chi connectivity index (χ3v) is 2.37. The maximum absolute atomic E-state index is 11.6. The van der Waals surface area contributed by atoms with Crippen LogP contribution in [0.15, 0.2) is 28.8 Å². The fourth-order valence-electron chi connectivity index (χ4n) is 1.54. The lowest BCUT2D eigenvalue weighted by Gasteiger charge is -2.02. The smallest absolute Gasteiger partial charge is 0.328 e. The first-order chi connectivity index (χ1) is 8.63. The second kappa shape index (κ2) is 5.31. The average Bonchev–Trinajstić information content (AvgIpc) is 2.72. The molecule has 0 radical (unpaired) electrons. The van der Waals surface area contributed by atoms with Crippen molar-refractivity contribution >= 4 is 17.6 Å². The maximum atomic E-state index is 11.6. The van der Waals surface area contributed by atoms with E-state index in [1.54, 1.807) is 6.92 Å². The Morgan fingerprint density at radius 1 is 1.50 bits per heavy atom. The largest absolute Gasteiger partial charge is 0.399 e. The summed E-state index contributed by atoms with van der Waals surface area (Å²) in [5.74, 6) is 0.321. The molecule has 3 N–H and O–H groups in total. The third-order valence-electron chi connectivity index (χ3n) is 2.37. The Balaban J connectivity index is 1.85. The van der Waals surface area contributed by atoms with Crippen molar-refractivity contribution in [2.24, 2.45) is 0 Å². The van der Waals surface area contributed by atoms with E-state index in [0.29, 0.717) is 24.4 Å². The van der Waals surface area contributed by atoms with E-state index >= 15 is 0 Å². The molecule has 1 heterocycles. The number of nitrogens with zero attached hydrogens (tertiary/aromatic N) is 2. The van der Waals surface area contributed by atoms with E-state index in [-0.39, 0.29) is 11.9 Å². The van der Waals surface area contributed by atoms with Crippen molar-refractivity contribution in [2.75, 3.05) is 11.1 Å². The van der Waals surface area contributed by atoms with Crippen LogP contribution in [0.5, 0.6) is 0 Å². The number of carbonyl (C=O) groups is 1. The van der Waals surface area contributed by atoms with Crippen molar-refractivity contribution in [3.63, 3.8) is 0 Å². The number of carbonyl (C=O) groups excluding carboxylic acids is 1. The molecule has 2 rings (SSSR count). The van der Waals surface area contributed by atoms with Crippen LogP contribution in [0.3, 0.4) is 0 Å². The zero-order valence-electron chi connectivity index (χ0n) is 10.0. The lowest BCUT2D eigenvalue weighted by Crippen LogP contribution is -2.12. The van der Waals surface area contributed by atoms with E-state index in [9.17, 15) is 4.79 Å². The van der Waals surface area contributed by atoms with Crippen molar-refractivity contribution in [2.45, 2.75) is 19.8 Å². The first-order valence-electron chi connectivity index (χ1n) is 5.58. The lowest BCUT2D eigenvalue weighted by molar-refractivity contribution is -0.116. The molecule has 94 valence electrons. The van der Waals surface area contributed by atoms with Gasteiger partial charge in [0.15, 0.2) is 5.82 Å². The number of rotatable bonds is 4. The molecule has 0 bridgehead atoms. The second-order valence-electron chi connectivity index (χ2n) is 3.94. The highest BCUT2D eigenvalue weighted by molar-refractivity contribution is 5.88. The van der Waals surface area contributed by atoms with Gasteiger partial charge in [-0.1, -0.05) is 17.3 Å². The molecule has 18 heavy (non-hydrogen) atoms. The highest BCUT2D eigenvalue weighted by Gasteiger charge is 2.08. The van der Waals surface area contributed by atoms with E-state index in [0.717, 1.165) is 5.56 Å². The van der Waals surface area contributed by atoms with Gasteiger partial charge in [0.1, 0.15) is 0 Å². The van der Waals surface area contributed by atoms with Crippen LogP contribution >= 0.6 is 0 Å². The summed E-state index contributed by atoms with van der Waals surface area (Å²) in [7, 11) is 0. The van der Waals surface area contributed by atoms with Crippen molar-refractivity contribution in [3.8, 4) is 0 Å². The van der Waals surface area contributed by atoms with Crippen molar-refractivity contribution in [1.82, 2.24) is 10.1 Å². The summed E-state index contributed by atoms with van der Waals surface area (Å²) in [6.07, 6.45) is 0.953. The Morgan fingerprint density at radius 3 is 3.00 bits per heavy atom. The molecule has 2 aromatic rings. The van der Waals surface area contributed by atoms with E-state index in [1.165, 1.54) is 0 Å². The highest BCUT2D eigenvalue weighted by Crippen LogP contribution is 2.09. The molecule has 1 amide bonds. The van der Waals surface area contributed by atoms with Gasteiger partial charge < -0.3 is 10.3 Å². The predicted octanol–water partition coefficient (Wildman–Crippen LogP) is 1.53. The van der Waals surface area contributed by atoms with Gasteiger partial charge in [-0.3, -0.25) is 10.1 Å². The SMILES string of the molecule is Cc1noc(NC(=O)CCc2cccc(N)c2)n1. The fourth-order valence-corrected chi connectivity index (χ4v) is 1.54. The lowest BCUT2D eigenvalue weighted by atomic mass is 10.1. The predicted molar refractivity (Wildman–Crippen MR) is 66.8 cm³/mol. The molecule has 6 heteroatoms. The molecule has 1 aromatic heterocycles. The summed E-state index contributed by atoms with van der Waals surface area (Å²) < 4.78 is 4.79. The second-order valence-corrected chi connectivity index (χ2v) is 3.94. The molecular weight excluding hydrogens is 232 g/mol. The summed E-state index contributed by atoms with van der Waals surface area (Å²) in [5, 5.41) is 6.12. The molecule has 0 fully saturated rings. The molecule has 0 atom stereocenters. The number of benzene rings is 1. The van der Waals surface area contributed by atoms with E-state index < -0.39 is 0 Å². The molecule has 6 nitrogen and oxygen atoms in total. The molecule has 0 aliphatic rings. The van der Waals surface area contributed by atoms with Crippen LogP contribution in [0.2, 0.25) is 0 Å². The molecular formula is C12H14N4O2. The van der Waals surface area contributed by atoms with Gasteiger partial charge in [-0.2, -0.15) is 4.98 Å². The number of anilines is 2. The molecule has 0 spiro atoms. The standard InChI is InChI=1S/C12H14N4O2/c1-8-14-12(18-16-8)15-11(17)6-5-9-3-2-4-10(13)7-9/h2-4,7H,5-6,13H2,1H3,(H,14,15,16,17). The van der Waals surface area contributed by atoms with Crippen LogP contribution in [-0.4, -0.2) is 16.0 Å². The summed E-state index contributed by atoms with van der Waals surface area (Å²) in [5.41, 5.74) is 7.37. The van der Waals surface area contributed by atoms with Gasteiger partial charge >= 0.3 is 6.01 Å². The van der Waals surface area contributed by atoms with Crippen molar-refractivity contribution in [1.29, 1.82) is 0 Å². The number of hydrogen-bond donors (Lipinski definition) is 2. The highest BCUT2D eigenvalue weighted by atomic mass is 16.5. The van der Waals surface area contributed by atoms with Crippen molar-refractivity contribution in [3.05, 3.63) is 35.7 Å². The number of aromatic nitrogens is 2. The quantitative estimate of drug-likeness (QED) is 0.798. The topological polar surface area (TPSA) is 94.0 Å². The Labute approximate surface area is 104 Å². The first-order valence-corrected chi connectivity index (χ1v) is 5.58. The van der Waals surface area contributed by atoms with E-state index in [2.05, 4.69) is 15.5 Å². The molecule has 0 aliphatic carbocycles. The summed E-state index contributed by atoms with van der Waals surface area (Å²) in [6.45, 7) is 1.69. The van der Waals surface area contributed by atoms with Gasteiger partial charge in [0.2, 0.25) is 5.91 Å². The summed E-state index contributed by atoms with van der Waals surface area (Å²) >= 11 is 0. The van der Waals surface area contributed by atoms with Gasteiger partial charge in [-0.15, -0.1) is 0 Å². The molecule has 0 unspecified atom stereocenters. The minimum Gasteiger partial charge on any atom is -0.399 e. The summed E-state index contributed by atoms with van der Waals surface area (Å²) in [4.78, 5) is 15.5. The van der Waals surface area contributed by atoms with E-state index in [1.807, 2.05) is 24.3 Å². The fraction of sp³-hybridized carbons (Fsp3) is 0.250. The van der Waals surface area contributed by atoms with Crippen LogP contribution in [0, 0.1) is 6.92 Å². The summed E-state index contributed by atoms with van der Waals surface area (Å²) in [6, 6.07) is 7.59. The van der Waals surface area contributed by atoms with Crippen LogP contribution in [-0.2, 0) is 11.2 Å². The zero-order chi connectivity index (χ0) is 13.0. The number of nitrogens with two attached hydrogens (primary N) is 1. The first kappa shape index (κ1) is 12.1. The Bertz CT molecular complexity index is 551.